The fraction of sp³-hybridized carbons (Fsp3) is 0.250. The quantitative estimate of drug-likeness (QED) is 0.398. The lowest BCUT2D eigenvalue weighted by Gasteiger charge is -2.24. The molecule has 4 heterocycles. The van der Waals surface area contributed by atoms with Crippen LogP contribution in [-0.4, -0.2) is 45.9 Å². The van der Waals surface area contributed by atoms with Crippen LogP contribution >= 0.6 is 11.6 Å². The van der Waals surface area contributed by atoms with Gasteiger partial charge in [-0.25, -0.2) is 9.97 Å². The number of amides is 1. The monoisotopic (exact) mass is 477 g/mol. The molecule has 1 saturated heterocycles. The molecule has 1 amide bonds. The van der Waals surface area contributed by atoms with Gasteiger partial charge in [0.15, 0.2) is 0 Å². The molecule has 1 aliphatic rings. The number of carbonyl (C=O) groups excluding carboxylic acids is 1. The number of anilines is 2. The van der Waals surface area contributed by atoms with Crippen molar-refractivity contribution in [3.05, 3.63) is 59.4 Å². The summed E-state index contributed by atoms with van der Waals surface area (Å²) in [4.78, 5) is 21.2. The molecule has 0 aliphatic carbocycles. The number of nitrogens with two attached hydrogens (primary N) is 1. The molecular weight excluding hydrogens is 454 g/mol. The van der Waals surface area contributed by atoms with Crippen molar-refractivity contribution in [1.82, 2.24) is 25.1 Å². The zero-order chi connectivity index (χ0) is 23.7. The molecule has 9 nitrogen and oxygen atoms in total. The summed E-state index contributed by atoms with van der Waals surface area (Å²) in [6.45, 7) is 1.77. The van der Waals surface area contributed by atoms with Crippen LogP contribution in [0.2, 0.25) is 5.02 Å². The van der Waals surface area contributed by atoms with E-state index in [-0.39, 0.29) is 11.9 Å². The third-order valence-corrected chi connectivity index (χ3v) is 6.23. The smallest absolute Gasteiger partial charge is 0.256 e. The van der Waals surface area contributed by atoms with E-state index in [0.29, 0.717) is 44.6 Å². The summed E-state index contributed by atoms with van der Waals surface area (Å²) in [6, 6.07) is 10.6. The highest BCUT2D eigenvalue weighted by Crippen LogP contribution is 2.40. The van der Waals surface area contributed by atoms with Crippen molar-refractivity contribution >= 4 is 40.0 Å². The number of benzene rings is 1. The highest BCUT2D eigenvalue weighted by atomic mass is 35.5. The molecule has 174 valence electrons. The van der Waals surface area contributed by atoms with Gasteiger partial charge in [0, 0.05) is 23.9 Å². The summed E-state index contributed by atoms with van der Waals surface area (Å²) >= 11 is 6.58. The number of methoxy groups -OCH3 is 1. The lowest BCUT2D eigenvalue weighted by molar-refractivity contribution is 0.102. The summed E-state index contributed by atoms with van der Waals surface area (Å²) in [5.74, 6) is 0.996. The lowest BCUT2D eigenvalue weighted by atomic mass is 10.0. The Bertz CT molecular complexity index is 1350. The van der Waals surface area contributed by atoms with Crippen molar-refractivity contribution in [3.8, 4) is 17.0 Å². The molecule has 0 radical (unpaired) electrons. The van der Waals surface area contributed by atoms with E-state index in [4.69, 9.17) is 27.2 Å². The highest BCUT2D eigenvalue weighted by Gasteiger charge is 2.26. The van der Waals surface area contributed by atoms with Crippen LogP contribution in [-0.2, 0) is 0 Å². The molecule has 4 aromatic rings. The van der Waals surface area contributed by atoms with Crippen LogP contribution in [0.5, 0.6) is 5.75 Å². The average molecular weight is 478 g/mol. The molecule has 1 unspecified atom stereocenters. The Morgan fingerprint density at radius 2 is 2.18 bits per heavy atom. The van der Waals surface area contributed by atoms with E-state index in [1.807, 2.05) is 4.68 Å². The fourth-order valence-electron chi connectivity index (χ4n) is 4.31. The number of hydrogen-bond donors (Lipinski definition) is 3. The predicted molar refractivity (Wildman–Crippen MR) is 132 cm³/mol. The number of nitrogens with one attached hydrogen (secondary N) is 2. The first-order chi connectivity index (χ1) is 16.6. The van der Waals surface area contributed by atoms with Crippen molar-refractivity contribution in [1.29, 1.82) is 0 Å². The maximum atomic E-state index is 12.8. The van der Waals surface area contributed by atoms with E-state index >= 15 is 0 Å². The Balaban J connectivity index is 1.59. The Morgan fingerprint density at radius 3 is 2.91 bits per heavy atom. The Morgan fingerprint density at radius 1 is 1.29 bits per heavy atom. The van der Waals surface area contributed by atoms with E-state index in [2.05, 4.69) is 20.6 Å². The van der Waals surface area contributed by atoms with E-state index in [9.17, 15) is 4.79 Å². The van der Waals surface area contributed by atoms with Crippen molar-refractivity contribution in [2.75, 3.05) is 31.2 Å². The predicted octanol–water partition coefficient (Wildman–Crippen LogP) is 3.91. The van der Waals surface area contributed by atoms with Crippen LogP contribution in [0.15, 0.2) is 48.8 Å². The Kier molecular flexibility index (Phi) is 6.04. The summed E-state index contributed by atoms with van der Waals surface area (Å²) in [7, 11) is 1.55. The number of nitrogens with zero attached hydrogens (tertiary/aromatic N) is 4. The first-order valence-corrected chi connectivity index (χ1v) is 11.4. The third kappa shape index (κ3) is 4.04. The SMILES string of the molecule is COc1cc(C(=O)Nc2ccccn2)ccc1-c1nn(C2CCCNC2)c2c(Cl)cnc(N)c12. The number of rotatable bonds is 5. The first kappa shape index (κ1) is 22.1. The van der Waals surface area contributed by atoms with Crippen molar-refractivity contribution in [2.45, 2.75) is 18.9 Å². The van der Waals surface area contributed by atoms with Crippen molar-refractivity contribution in [2.24, 2.45) is 0 Å². The highest BCUT2D eigenvalue weighted by molar-refractivity contribution is 6.35. The van der Waals surface area contributed by atoms with Gasteiger partial charge < -0.3 is 21.1 Å². The van der Waals surface area contributed by atoms with E-state index < -0.39 is 0 Å². The van der Waals surface area contributed by atoms with Gasteiger partial charge in [-0.15, -0.1) is 0 Å². The largest absolute Gasteiger partial charge is 0.496 e. The first-order valence-electron chi connectivity index (χ1n) is 11.0. The van der Waals surface area contributed by atoms with Gasteiger partial charge in [-0.2, -0.15) is 5.10 Å². The number of nitrogen functional groups attached to an aromatic ring is 1. The van der Waals surface area contributed by atoms with Crippen LogP contribution in [0, 0.1) is 0 Å². The van der Waals surface area contributed by atoms with E-state index in [1.54, 1.807) is 55.9 Å². The van der Waals surface area contributed by atoms with Gasteiger partial charge in [0.25, 0.3) is 5.91 Å². The lowest BCUT2D eigenvalue weighted by Crippen LogP contribution is -2.32. The van der Waals surface area contributed by atoms with Gasteiger partial charge in [-0.05, 0) is 49.7 Å². The summed E-state index contributed by atoms with van der Waals surface area (Å²) in [5.41, 5.74) is 8.79. The molecule has 1 aromatic carbocycles. The number of fused-ring (bicyclic) bond motifs is 1. The number of hydrogen-bond acceptors (Lipinski definition) is 7. The normalized spacial score (nSPS) is 15.9. The average Bonchev–Trinajstić information content (AvgIpc) is 3.29. The molecule has 0 bridgehead atoms. The molecule has 0 spiro atoms. The molecular formula is C24H24ClN7O2. The second kappa shape index (κ2) is 9.28. The number of halogens is 1. The van der Waals surface area contributed by atoms with Crippen LogP contribution in [0.4, 0.5) is 11.6 Å². The molecule has 4 N–H and O–H groups in total. The third-order valence-electron chi connectivity index (χ3n) is 5.95. The Labute approximate surface area is 201 Å². The molecule has 5 rings (SSSR count). The number of ether oxygens (including phenoxy) is 1. The summed E-state index contributed by atoms with van der Waals surface area (Å²) in [6.07, 6.45) is 5.19. The standard InChI is InChI=1S/C24H24ClN7O2/c1-34-18-11-14(24(33)30-19-6-2-3-10-28-19)7-8-16(18)21-20-22(17(25)13-29-23(20)26)32(31-21)15-5-4-9-27-12-15/h2-3,6-8,10-11,13,15,27H,4-5,9,12H2,1H3,(H2,26,29)(H,28,30,33). The number of pyridine rings is 2. The van der Waals surface area contributed by atoms with Gasteiger partial charge in [0.2, 0.25) is 0 Å². The molecule has 10 heteroatoms. The van der Waals surface area contributed by atoms with Crippen molar-refractivity contribution < 1.29 is 9.53 Å². The minimum Gasteiger partial charge on any atom is -0.496 e. The molecule has 1 fully saturated rings. The Hall–Kier alpha value is -3.69. The molecule has 3 aromatic heterocycles. The maximum absolute atomic E-state index is 12.8. The van der Waals surface area contributed by atoms with Crippen LogP contribution < -0.4 is 21.1 Å². The second-order valence-corrected chi connectivity index (χ2v) is 8.50. The molecule has 0 saturated carbocycles. The number of aromatic nitrogens is 4. The molecule has 1 aliphatic heterocycles. The van der Waals surface area contributed by atoms with Gasteiger partial charge >= 0.3 is 0 Å². The zero-order valence-corrected chi connectivity index (χ0v) is 19.3. The van der Waals surface area contributed by atoms with Crippen LogP contribution in [0.3, 0.4) is 0 Å². The second-order valence-electron chi connectivity index (χ2n) is 8.09. The number of carbonyl (C=O) groups is 1. The van der Waals surface area contributed by atoms with Crippen LogP contribution in [0.25, 0.3) is 22.2 Å². The zero-order valence-electron chi connectivity index (χ0n) is 18.6. The molecule has 34 heavy (non-hydrogen) atoms. The van der Waals surface area contributed by atoms with Gasteiger partial charge in [0.05, 0.1) is 35.3 Å². The summed E-state index contributed by atoms with van der Waals surface area (Å²) < 4.78 is 7.61. The minimum atomic E-state index is -0.295. The summed E-state index contributed by atoms with van der Waals surface area (Å²) in [5, 5.41) is 12.3. The van der Waals surface area contributed by atoms with Gasteiger partial charge in [-0.3, -0.25) is 9.48 Å². The maximum Gasteiger partial charge on any atom is 0.256 e. The topological polar surface area (TPSA) is 120 Å². The minimum absolute atomic E-state index is 0.138. The van der Waals surface area contributed by atoms with Gasteiger partial charge in [0.1, 0.15) is 23.1 Å². The van der Waals surface area contributed by atoms with Gasteiger partial charge in [-0.1, -0.05) is 17.7 Å². The number of piperidine rings is 1. The fourth-order valence-corrected chi connectivity index (χ4v) is 4.54. The van der Waals surface area contributed by atoms with Crippen LogP contribution in [0.1, 0.15) is 29.2 Å². The van der Waals surface area contributed by atoms with Crippen molar-refractivity contribution in [3.63, 3.8) is 0 Å². The van der Waals surface area contributed by atoms with E-state index in [0.717, 1.165) is 31.4 Å². The molecule has 1 atom stereocenters. The van der Waals surface area contributed by atoms with E-state index in [1.165, 1.54) is 0 Å².